The molecular weight excluding hydrogens is 847 g/mol. The first kappa shape index (κ1) is 45.2. The fourth-order valence-electron chi connectivity index (χ4n) is 5.66. The molecule has 0 amide bonds. The van der Waals surface area contributed by atoms with Gasteiger partial charge in [0.1, 0.15) is 11.5 Å². The lowest BCUT2D eigenvalue weighted by molar-refractivity contribution is -0.146. The molecule has 0 saturated carbocycles. The molecule has 0 N–H and O–H groups in total. The molecule has 0 saturated heterocycles. The molecule has 0 spiro atoms. The SMILES string of the molecule is C=CC(=O)OCOc1ccc(C(=O)OCCc2ccc(C(=O)Oc3ccc(OCOC(=O)C=C)c(OCOC(=O)C=C)c3)c(/C=N/N(C)c3nc4c(ccc5ccccc54)s3)c2)cc1. The molecule has 0 unspecified atom stereocenters. The summed E-state index contributed by atoms with van der Waals surface area (Å²) in [5, 5.41) is 8.92. The van der Waals surface area contributed by atoms with Crippen LogP contribution in [0.15, 0.2) is 140 Å². The van der Waals surface area contributed by atoms with E-state index in [1.54, 1.807) is 30.3 Å². The van der Waals surface area contributed by atoms with Crippen LogP contribution in [0.4, 0.5) is 5.13 Å². The molecule has 1 heterocycles. The summed E-state index contributed by atoms with van der Waals surface area (Å²) in [5.41, 5.74) is 2.33. The minimum absolute atomic E-state index is 0.000621. The van der Waals surface area contributed by atoms with Gasteiger partial charge in [0.15, 0.2) is 11.5 Å². The van der Waals surface area contributed by atoms with Gasteiger partial charge in [0, 0.05) is 48.7 Å². The van der Waals surface area contributed by atoms with Gasteiger partial charge in [0.05, 0.1) is 34.2 Å². The van der Waals surface area contributed by atoms with Gasteiger partial charge in [-0.3, -0.25) is 0 Å². The van der Waals surface area contributed by atoms with Crippen molar-refractivity contribution < 1.29 is 61.9 Å². The molecule has 0 bridgehead atoms. The maximum atomic E-state index is 13.9. The van der Waals surface area contributed by atoms with Crippen LogP contribution in [0.25, 0.3) is 21.0 Å². The van der Waals surface area contributed by atoms with Crippen LogP contribution in [0.5, 0.6) is 23.0 Å². The predicted molar refractivity (Wildman–Crippen MR) is 237 cm³/mol. The summed E-state index contributed by atoms with van der Waals surface area (Å²) in [4.78, 5) is 66.0. The van der Waals surface area contributed by atoms with Crippen LogP contribution in [0.3, 0.4) is 0 Å². The van der Waals surface area contributed by atoms with Gasteiger partial charge in [-0.05, 0) is 65.5 Å². The van der Waals surface area contributed by atoms with E-state index in [-0.39, 0.29) is 48.2 Å². The van der Waals surface area contributed by atoms with Gasteiger partial charge in [-0.25, -0.2) is 34.0 Å². The van der Waals surface area contributed by atoms with E-state index in [1.165, 1.54) is 60.0 Å². The Morgan fingerprint density at radius 2 is 1.34 bits per heavy atom. The fourth-order valence-corrected chi connectivity index (χ4v) is 6.56. The van der Waals surface area contributed by atoms with E-state index in [0.717, 1.165) is 39.2 Å². The minimum Gasteiger partial charge on any atom is -0.462 e. The largest absolute Gasteiger partial charge is 0.462 e. The lowest BCUT2D eigenvalue weighted by Crippen LogP contribution is -2.14. The summed E-state index contributed by atoms with van der Waals surface area (Å²) in [6.07, 6.45) is 4.72. The number of rotatable bonds is 21. The van der Waals surface area contributed by atoms with Crippen LogP contribution in [-0.2, 0) is 39.8 Å². The number of carbonyl (C=O) groups excluding carboxylic acids is 5. The standard InChI is InChI=1S/C47H39N3O13S/c1-5-41(51)60-27-57-34-16-13-32(14-17-34)45(54)56-23-22-30-12-19-37(33(24-30)26-48-50(4)47-49-44-36-11-9-8-10-31(36)15-21-40(44)64-47)46(55)63-35-18-20-38(58-28-61-42(52)6-2)39(25-35)59-29-62-43(53)7-3/h5-21,24-26H,1-3,22-23,27-29H2,4H3/b48-26+. The second-order valence-corrected chi connectivity index (χ2v) is 14.0. The Balaban J connectivity index is 1.20. The topological polar surface area (TPSA) is 188 Å². The zero-order valence-corrected chi connectivity index (χ0v) is 35.1. The molecule has 0 radical (unpaired) electrons. The van der Waals surface area contributed by atoms with Crippen LogP contribution in [0.1, 0.15) is 31.8 Å². The summed E-state index contributed by atoms with van der Waals surface area (Å²) in [6.45, 7) is 8.64. The average Bonchev–Trinajstić information content (AvgIpc) is 3.77. The molecule has 1 aromatic heterocycles. The molecule has 0 aliphatic heterocycles. The van der Waals surface area contributed by atoms with Gasteiger partial charge in [0.2, 0.25) is 25.5 Å². The molecule has 0 aliphatic carbocycles. The van der Waals surface area contributed by atoms with Crippen LogP contribution >= 0.6 is 11.3 Å². The highest BCUT2D eigenvalue weighted by Gasteiger charge is 2.18. The third kappa shape index (κ3) is 12.2. The van der Waals surface area contributed by atoms with E-state index in [1.807, 2.05) is 36.4 Å². The van der Waals surface area contributed by atoms with Crippen molar-refractivity contribution in [1.29, 1.82) is 0 Å². The van der Waals surface area contributed by atoms with Crippen LogP contribution in [0.2, 0.25) is 0 Å². The molecule has 5 aromatic carbocycles. The van der Waals surface area contributed by atoms with Crippen molar-refractivity contribution >= 4 is 73.5 Å². The molecule has 326 valence electrons. The first-order valence-electron chi connectivity index (χ1n) is 19.1. The Morgan fingerprint density at radius 3 is 2.05 bits per heavy atom. The fraction of sp³-hybridized carbons (Fsp3) is 0.128. The lowest BCUT2D eigenvalue weighted by atomic mass is 10.0. The van der Waals surface area contributed by atoms with Gasteiger partial charge in [-0.2, -0.15) is 5.10 Å². The van der Waals surface area contributed by atoms with Crippen molar-refractivity contribution in [3.63, 3.8) is 0 Å². The summed E-state index contributed by atoms with van der Waals surface area (Å²) in [7, 11) is 1.74. The number of thiazole rings is 1. The predicted octanol–water partition coefficient (Wildman–Crippen LogP) is 7.74. The molecule has 6 rings (SSSR count). The number of anilines is 1. The second-order valence-electron chi connectivity index (χ2n) is 13.0. The third-order valence-electron chi connectivity index (χ3n) is 8.85. The van der Waals surface area contributed by atoms with Crippen molar-refractivity contribution in [3.8, 4) is 23.0 Å². The normalized spacial score (nSPS) is 10.7. The second kappa shape index (κ2) is 22.0. The Hall–Kier alpha value is -8.31. The molecular formula is C47H39N3O13S. The summed E-state index contributed by atoms with van der Waals surface area (Å²) >= 11 is 1.46. The van der Waals surface area contributed by atoms with Crippen LogP contribution < -0.4 is 24.0 Å². The summed E-state index contributed by atoms with van der Waals surface area (Å²) in [5.74, 6) is -2.97. The Bertz CT molecular complexity index is 2750. The zero-order chi connectivity index (χ0) is 45.4. The Kier molecular flexibility index (Phi) is 15.5. The van der Waals surface area contributed by atoms with Crippen molar-refractivity contribution in [2.45, 2.75) is 6.42 Å². The van der Waals surface area contributed by atoms with Crippen molar-refractivity contribution in [3.05, 3.63) is 157 Å². The molecule has 6 aromatic rings. The monoisotopic (exact) mass is 885 g/mol. The van der Waals surface area contributed by atoms with Crippen molar-refractivity contribution in [1.82, 2.24) is 4.98 Å². The Morgan fingerprint density at radius 1 is 0.688 bits per heavy atom. The number of hydrogen-bond acceptors (Lipinski definition) is 17. The highest BCUT2D eigenvalue weighted by atomic mass is 32.1. The number of esters is 5. The van der Waals surface area contributed by atoms with E-state index < -0.39 is 43.4 Å². The van der Waals surface area contributed by atoms with E-state index in [4.69, 9.17) is 42.9 Å². The number of nitrogens with zero attached hydrogens (tertiary/aromatic N) is 3. The van der Waals surface area contributed by atoms with Crippen molar-refractivity contribution in [2.75, 3.05) is 39.0 Å². The Labute approximate surface area is 370 Å². The highest BCUT2D eigenvalue weighted by Crippen LogP contribution is 2.34. The maximum absolute atomic E-state index is 13.9. The zero-order valence-electron chi connectivity index (χ0n) is 34.3. The number of carbonyl (C=O) groups is 5. The summed E-state index contributed by atoms with van der Waals surface area (Å²) in [6, 6.07) is 27.3. The van der Waals surface area contributed by atoms with E-state index in [0.29, 0.717) is 22.0 Å². The van der Waals surface area contributed by atoms with Crippen LogP contribution in [0, 0.1) is 0 Å². The van der Waals surface area contributed by atoms with Gasteiger partial charge in [-0.15, -0.1) is 0 Å². The van der Waals surface area contributed by atoms with Gasteiger partial charge in [0.25, 0.3) is 0 Å². The molecule has 64 heavy (non-hydrogen) atoms. The smallest absolute Gasteiger partial charge is 0.344 e. The number of fused-ring (bicyclic) bond motifs is 3. The van der Waals surface area contributed by atoms with Gasteiger partial charge in [-0.1, -0.05) is 67.5 Å². The third-order valence-corrected chi connectivity index (χ3v) is 9.94. The maximum Gasteiger partial charge on any atom is 0.344 e. The van der Waals surface area contributed by atoms with Crippen molar-refractivity contribution in [2.24, 2.45) is 5.10 Å². The van der Waals surface area contributed by atoms with Gasteiger partial charge >= 0.3 is 29.8 Å². The van der Waals surface area contributed by atoms with E-state index >= 15 is 0 Å². The number of hydrazone groups is 1. The molecule has 17 heteroatoms. The molecule has 16 nitrogen and oxygen atoms in total. The average molecular weight is 886 g/mol. The first-order valence-corrected chi connectivity index (χ1v) is 19.9. The summed E-state index contributed by atoms with van der Waals surface area (Å²) < 4.78 is 43.3. The molecule has 0 atom stereocenters. The van der Waals surface area contributed by atoms with E-state index in [9.17, 15) is 24.0 Å². The number of hydrogen-bond donors (Lipinski definition) is 0. The quantitative estimate of drug-likeness (QED) is 0.0130. The molecule has 0 aliphatic rings. The molecule has 0 fully saturated rings. The van der Waals surface area contributed by atoms with E-state index in [2.05, 4.69) is 24.8 Å². The number of aromatic nitrogens is 1. The number of ether oxygens (including phenoxy) is 8. The lowest BCUT2D eigenvalue weighted by Gasteiger charge is -2.15. The first-order chi connectivity index (χ1) is 31.0. The van der Waals surface area contributed by atoms with Gasteiger partial charge < -0.3 is 37.9 Å². The highest BCUT2D eigenvalue weighted by molar-refractivity contribution is 7.22. The number of benzene rings is 5. The van der Waals surface area contributed by atoms with Crippen LogP contribution in [-0.4, -0.2) is 75.1 Å². The minimum atomic E-state index is -0.766.